The van der Waals surface area contributed by atoms with Gasteiger partial charge in [0.25, 0.3) is 0 Å². The molecular formula is C13H16O7. The number of hydrogen-bond donors (Lipinski definition) is 1. The molecule has 0 fully saturated rings. The zero-order valence-electron chi connectivity index (χ0n) is 10.8. The van der Waals surface area contributed by atoms with Crippen LogP contribution in [0.5, 0.6) is 0 Å². The van der Waals surface area contributed by atoms with Crippen LogP contribution in [0.15, 0.2) is 38.0 Å². The normalized spacial score (nSPS) is 12.4. The third kappa shape index (κ3) is 7.12. The summed E-state index contributed by atoms with van der Waals surface area (Å²) in [6.45, 7) is 8.69. The minimum absolute atomic E-state index is 0.419. The highest BCUT2D eigenvalue weighted by molar-refractivity contribution is 5.82. The number of hydrogen-bond acceptors (Lipinski definition) is 7. The molecule has 0 aliphatic rings. The Bertz CT molecular complexity index is 400. The van der Waals surface area contributed by atoms with Crippen LogP contribution >= 0.6 is 0 Å². The number of esters is 3. The van der Waals surface area contributed by atoms with E-state index in [0.717, 1.165) is 18.2 Å². The molecule has 0 rings (SSSR count). The maximum absolute atomic E-state index is 11.1. The smallest absolute Gasteiger partial charge is 0.330 e. The van der Waals surface area contributed by atoms with Gasteiger partial charge in [-0.05, 0) is 0 Å². The Labute approximate surface area is 116 Å². The molecule has 0 aromatic carbocycles. The average molecular weight is 284 g/mol. The zero-order chi connectivity index (χ0) is 15.5. The first kappa shape index (κ1) is 17.6. The van der Waals surface area contributed by atoms with Crippen LogP contribution in [0.25, 0.3) is 0 Å². The van der Waals surface area contributed by atoms with Gasteiger partial charge in [0.2, 0.25) is 0 Å². The molecule has 20 heavy (non-hydrogen) atoms. The van der Waals surface area contributed by atoms with E-state index >= 15 is 0 Å². The van der Waals surface area contributed by atoms with Crippen molar-refractivity contribution in [1.29, 1.82) is 0 Å². The SMILES string of the molecule is C=CC(=O)OCC(O)C(COC(=O)C=C)OC(=O)C=C. The lowest BCUT2D eigenvalue weighted by atomic mass is 10.2. The van der Waals surface area contributed by atoms with Gasteiger partial charge in [-0.1, -0.05) is 19.7 Å². The monoisotopic (exact) mass is 284 g/mol. The van der Waals surface area contributed by atoms with Gasteiger partial charge in [-0.2, -0.15) is 0 Å². The van der Waals surface area contributed by atoms with Crippen LogP contribution in [0.3, 0.4) is 0 Å². The maximum atomic E-state index is 11.1. The van der Waals surface area contributed by atoms with Gasteiger partial charge >= 0.3 is 17.9 Å². The van der Waals surface area contributed by atoms with Crippen LogP contribution in [0.4, 0.5) is 0 Å². The van der Waals surface area contributed by atoms with Gasteiger partial charge in [0.15, 0.2) is 6.10 Å². The van der Waals surface area contributed by atoms with Crippen molar-refractivity contribution >= 4 is 17.9 Å². The van der Waals surface area contributed by atoms with Crippen molar-refractivity contribution in [1.82, 2.24) is 0 Å². The number of rotatable bonds is 9. The van der Waals surface area contributed by atoms with Crippen molar-refractivity contribution < 1.29 is 33.7 Å². The summed E-state index contributed by atoms with van der Waals surface area (Å²) in [5, 5.41) is 9.74. The first-order valence-electron chi connectivity index (χ1n) is 5.54. The molecule has 0 spiro atoms. The number of ether oxygens (including phenoxy) is 3. The van der Waals surface area contributed by atoms with Gasteiger partial charge in [-0.15, -0.1) is 0 Å². The number of aliphatic hydroxyl groups is 1. The second-order valence-corrected chi connectivity index (χ2v) is 3.42. The molecule has 0 amide bonds. The summed E-state index contributed by atoms with van der Waals surface area (Å²) < 4.78 is 14.0. The van der Waals surface area contributed by atoms with Crippen LogP contribution in [0.2, 0.25) is 0 Å². The Morgan fingerprint density at radius 3 is 1.80 bits per heavy atom. The van der Waals surface area contributed by atoms with E-state index in [1.807, 2.05) is 0 Å². The Kier molecular flexibility index (Phi) is 8.36. The molecule has 2 unspecified atom stereocenters. The van der Waals surface area contributed by atoms with Crippen molar-refractivity contribution in [2.45, 2.75) is 12.2 Å². The molecule has 7 heteroatoms. The second-order valence-electron chi connectivity index (χ2n) is 3.42. The molecule has 110 valence electrons. The largest absolute Gasteiger partial charge is 0.460 e. The number of aliphatic hydroxyl groups excluding tert-OH is 1. The third-order valence-electron chi connectivity index (χ3n) is 1.98. The fourth-order valence-electron chi connectivity index (χ4n) is 0.978. The maximum Gasteiger partial charge on any atom is 0.330 e. The van der Waals surface area contributed by atoms with Crippen molar-refractivity contribution in [3.05, 3.63) is 38.0 Å². The van der Waals surface area contributed by atoms with E-state index in [1.165, 1.54) is 0 Å². The average Bonchev–Trinajstić information content (AvgIpc) is 2.47. The first-order chi connectivity index (χ1) is 9.44. The molecule has 0 heterocycles. The Morgan fingerprint density at radius 2 is 1.35 bits per heavy atom. The third-order valence-corrected chi connectivity index (χ3v) is 1.98. The van der Waals surface area contributed by atoms with Crippen molar-refractivity contribution in [2.75, 3.05) is 13.2 Å². The van der Waals surface area contributed by atoms with E-state index in [-0.39, 0.29) is 0 Å². The molecule has 0 radical (unpaired) electrons. The zero-order valence-corrected chi connectivity index (χ0v) is 10.8. The highest BCUT2D eigenvalue weighted by Crippen LogP contribution is 2.04. The molecule has 0 aliphatic heterocycles. The van der Waals surface area contributed by atoms with Gasteiger partial charge in [0.1, 0.15) is 19.3 Å². The molecule has 7 nitrogen and oxygen atoms in total. The van der Waals surface area contributed by atoms with E-state index in [1.54, 1.807) is 0 Å². The van der Waals surface area contributed by atoms with E-state index in [0.29, 0.717) is 0 Å². The Balaban J connectivity index is 4.54. The minimum Gasteiger partial charge on any atom is -0.460 e. The van der Waals surface area contributed by atoms with E-state index in [4.69, 9.17) is 4.74 Å². The summed E-state index contributed by atoms with van der Waals surface area (Å²) in [5.74, 6) is -2.32. The molecule has 0 aliphatic carbocycles. The summed E-state index contributed by atoms with van der Waals surface area (Å²) in [4.78, 5) is 32.9. The number of carbonyl (C=O) groups excluding carboxylic acids is 3. The molecular weight excluding hydrogens is 268 g/mol. The summed E-state index contributed by atoms with van der Waals surface area (Å²) in [6.07, 6.45) is 0.124. The van der Waals surface area contributed by atoms with Crippen molar-refractivity contribution in [3.63, 3.8) is 0 Å². The minimum atomic E-state index is -1.37. The van der Waals surface area contributed by atoms with E-state index in [2.05, 4.69) is 29.2 Å². The quantitative estimate of drug-likeness (QED) is 0.358. The summed E-state index contributed by atoms with van der Waals surface area (Å²) in [6, 6.07) is 0. The predicted molar refractivity (Wildman–Crippen MR) is 68.4 cm³/mol. The molecule has 0 aromatic rings. The fraction of sp³-hybridized carbons (Fsp3) is 0.308. The highest BCUT2D eigenvalue weighted by Gasteiger charge is 2.25. The number of carbonyl (C=O) groups is 3. The second kappa shape index (κ2) is 9.51. The molecule has 2 atom stereocenters. The van der Waals surface area contributed by atoms with Crippen molar-refractivity contribution in [2.24, 2.45) is 0 Å². The predicted octanol–water partition coefficient (Wildman–Crippen LogP) is -0.0965. The molecule has 0 saturated carbocycles. The van der Waals surface area contributed by atoms with Crippen LogP contribution in [0, 0.1) is 0 Å². The van der Waals surface area contributed by atoms with Crippen molar-refractivity contribution in [3.8, 4) is 0 Å². The fourth-order valence-corrected chi connectivity index (χ4v) is 0.978. The van der Waals surface area contributed by atoms with Gasteiger partial charge in [-0.25, -0.2) is 14.4 Å². The van der Waals surface area contributed by atoms with E-state index < -0.39 is 43.3 Å². The molecule has 0 bridgehead atoms. The van der Waals surface area contributed by atoms with Crippen LogP contribution in [-0.2, 0) is 28.6 Å². The Morgan fingerprint density at radius 1 is 0.900 bits per heavy atom. The molecule has 1 N–H and O–H groups in total. The highest BCUT2D eigenvalue weighted by atomic mass is 16.6. The van der Waals surface area contributed by atoms with Gasteiger partial charge in [-0.3, -0.25) is 0 Å². The summed E-state index contributed by atoms with van der Waals surface area (Å²) in [7, 11) is 0. The van der Waals surface area contributed by atoms with Crippen LogP contribution < -0.4 is 0 Å². The first-order valence-corrected chi connectivity index (χ1v) is 5.54. The van der Waals surface area contributed by atoms with Crippen LogP contribution in [0.1, 0.15) is 0 Å². The lowest BCUT2D eigenvalue weighted by Gasteiger charge is -2.21. The lowest BCUT2D eigenvalue weighted by molar-refractivity contribution is -0.164. The van der Waals surface area contributed by atoms with E-state index in [9.17, 15) is 19.5 Å². The molecule has 0 saturated heterocycles. The van der Waals surface area contributed by atoms with Crippen LogP contribution in [-0.4, -0.2) is 48.4 Å². The summed E-state index contributed by atoms with van der Waals surface area (Å²) in [5.41, 5.74) is 0. The standard InChI is InChI=1S/C13H16O7/c1-4-11(15)18-7-9(14)10(20-13(17)6-3)8-19-12(16)5-2/h4-6,9-10,14H,1-3,7-8H2. The topological polar surface area (TPSA) is 99.1 Å². The lowest BCUT2D eigenvalue weighted by Crippen LogP contribution is -2.39. The van der Waals surface area contributed by atoms with Gasteiger partial charge < -0.3 is 19.3 Å². The van der Waals surface area contributed by atoms with Gasteiger partial charge in [0, 0.05) is 18.2 Å². The Hall–Kier alpha value is -2.41. The van der Waals surface area contributed by atoms with Gasteiger partial charge in [0.05, 0.1) is 0 Å². The molecule has 0 aromatic heterocycles. The summed E-state index contributed by atoms with van der Waals surface area (Å²) >= 11 is 0.